The van der Waals surface area contributed by atoms with E-state index < -0.39 is 0 Å². The summed E-state index contributed by atoms with van der Waals surface area (Å²) >= 11 is 0. The first-order valence-electron chi connectivity index (χ1n) is 13.9. The number of nitriles is 1. The summed E-state index contributed by atoms with van der Waals surface area (Å²) in [6, 6.07) is 15.6. The van der Waals surface area contributed by atoms with Gasteiger partial charge in [0.05, 0.1) is 36.1 Å². The Kier molecular flexibility index (Phi) is 7.48. The molecule has 4 heterocycles. The maximum atomic E-state index is 15.6. The van der Waals surface area contributed by atoms with Crippen LogP contribution in [0.2, 0.25) is 0 Å². The van der Waals surface area contributed by atoms with Crippen molar-refractivity contribution < 1.29 is 9.13 Å². The van der Waals surface area contributed by atoms with Crippen LogP contribution in [0.5, 0.6) is 0 Å². The van der Waals surface area contributed by atoms with Crippen molar-refractivity contribution in [1.82, 2.24) is 24.2 Å². The Labute approximate surface area is 234 Å². The highest BCUT2D eigenvalue weighted by Gasteiger charge is 2.26. The molecule has 206 valence electrons. The van der Waals surface area contributed by atoms with Gasteiger partial charge in [0, 0.05) is 62.3 Å². The van der Waals surface area contributed by atoms with Crippen molar-refractivity contribution >= 4 is 11.6 Å². The van der Waals surface area contributed by atoms with Gasteiger partial charge in [-0.25, -0.2) is 14.4 Å². The van der Waals surface area contributed by atoms with Crippen molar-refractivity contribution in [1.29, 1.82) is 5.26 Å². The van der Waals surface area contributed by atoms with Gasteiger partial charge in [-0.3, -0.25) is 9.30 Å². The molecule has 0 saturated carbocycles. The zero-order valence-electron chi connectivity index (χ0n) is 23.1. The van der Waals surface area contributed by atoms with E-state index in [4.69, 9.17) is 14.7 Å². The van der Waals surface area contributed by atoms with Crippen molar-refractivity contribution in [3.63, 3.8) is 0 Å². The molecule has 2 aliphatic rings. The van der Waals surface area contributed by atoms with Crippen LogP contribution in [0.3, 0.4) is 0 Å². The van der Waals surface area contributed by atoms with E-state index in [1.54, 1.807) is 24.4 Å². The lowest BCUT2D eigenvalue weighted by molar-refractivity contribution is 0.0337. The molecule has 0 spiro atoms. The Morgan fingerprint density at radius 2 is 1.75 bits per heavy atom. The molecule has 0 amide bonds. The summed E-state index contributed by atoms with van der Waals surface area (Å²) < 4.78 is 23.0. The summed E-state index contributed by atoms with van der Waals surface area (Å²) in [4.78, 5) is 16.8. The van der Waals surface area contributed by atoms with E-state index in [2.05, 4.69) is 34.9 Å². The van der Waals surface area contributed by atoms with Crippen molar-refractivity contribution in [2.24, 2.45) is 0 Å². The fraction of sp³-hybridized carbons (Fsp3) is 0.387. The first-order valence-corrected chi connectivity index (χ1v) is 13.9. The lowest BCUT2D eigenvalue weighted by atomic mass is 9.97. The van der Waals surface area contributed by atoms with Gasteiger partial charge in [-0.1, -0.05) is 24.3 Å². The third kappa shape index (κ3) is 5.18. The Morgan fingerprint density at radius 1 is 1.02 bits per heavy atom. The number of benzene rings is 2. The summed E-state index contributed by atoms with van der Waals surface area (Å²) in [5.41, 5.74) is 5.08. The molecule has 0 N–H and O–H groups in total. The minimum atomic E-state index is -0.241. The zero-order valence-corrected chi connectivity index (χ0v) is 23.1. The number of rotatable bonds is 6. The summed E-state index contributed by atoms with van der Waals surface area (Å²) in [5.74, 6) is 0.589. The number of piperidine rings is 1. The number of hydrogen-bond donors (Lipinski definition) is 0. The number of morpholine rings is 1. The molecule has 2 fully saturated rings. The second-order valence-electron chi connectivity index (χ2n) is 10.8. The molecule has 0 aliphatic carbocycles. The average Bonchev–Trinajstić information content (AvgIpc) is 3.48. The standard InChI is InChI=1S/C31H34FN7O/c1-36(2)26-9-12-38(13-10-26)31-35-29(23-5-3-22(20-33)4-6-23)28(30-34-11-14-39(30)31)24-7-8-25(27(32)19-24)21-37-15-17-40-18-16-37/h3-8,11,14,19,26H,9-10,12-13,15-18,21H2,1-2H3. The van der Waals surface area contributed by atoms with E-state index >= 15 is 4.39 Å². The monoisotopic (exact) mass is 539 g/mol. The van der Waals surface area contributed by atoms with Gasteiger partial charge in [0.25, 0.3) is 0 Å². The fourth-order valence-electron chi connectivity index (χ4n) is 5.78. The normalized spacial score (nSPS) is 17.0. The van der Waals surface area contributed by atoms with Gasteiger partial charge >= 0.3 is 0 Å². The van der Waals surface area contributed by atoms with E-state index in [9.17, 15) is 5.26 Å². The van der Waals surface area contributed by atoms with Crippen LogP contribution in [0.15, 0.2) is 54.9 Å². The Bertz CT molecular complexity index is 1530. The van der Waals surface area contributed by atoms with E-state index in [1.807, 2.05) is 34.9 Å². The van der Waals surface area contributed by atoms with E-state index in [0.29, 0.717) is 36.9 Å². The molecule has 0 unspecified atom stereocenters. The molecule has 0 radical (unpaired) electrons. The molecule has 2 aromatic carbocycles. The lowest BCUT2D eigenvalue weighted by Gasteiger charge is -2.36. The van der Waals surface area contributed by atoms with Crippen LogP contribution in [0.4, 0.5) is 10.3 Å². The average molecular weight is 540 g/mol. The third-order valence-corrected chi connectivity index (χ3v) is 8.13. The molecule has 0 bridgehead atoms. The number of nitrogens with zero attached hydrogens (tertiary/aromatic N) is 7. The van der Waals surface area contributed by atoms with Gasteiger partial charge in [0.15, 0.2) is 0 Å². The minimum absolute atomic E-state index is 0.241. The highest BCUT2D eigenvalue weighted by molar-refractivity contribution is 5.91. The minimum Gasteiger partial charge on any atom is -0.379 e. The summed E-state index contributed by atoms with van der Waals surface area (Å²) in [6.45, 7) is 5.29. The second kappa shape index (κ2) is 11.3. The SMILES string of the molecule is CN(C)C1CCN(c2nc(-c3ccc(C#N)cc3)c(-c3ccc(CN4CCOCC4)c(F)c3)c3nccn23)CC1. The largest absolute Gasteiger partial charge is 0.379 e. The third-order valence-electron chi connectivity index (χ3n) is 8.13. The first kappa shape index (κ1) is 26.4. The van der Waals surface area contributed by atoms with Crippen molar-refractivity contribution in [2.75, 3.05) is 58.4 Å². The summed E-state index contributed by atoms with van der Waals surface area (Å²) in [7, 11) is 4.27. The number of ether oxygens (including phenoxy) is 1. The molecule has 2 saturated heterocycles. The van der Waals surface area contributed by atoms with Crippen LogP contribution >= 0.6 is 0 Å². The molecule has 0 atom stereocenters. The maximum absolute atomic E-state index is 15.6. The van der Waals surface area contributed by atoms with Crippen LogP contribution < -0.4 is 4.90 Å². The molecule has 4 aromatic rings. The number of fused-ring (bicyclic) bond motifs is 1. The lowest BCUT2D eigenvalue weighted by Crippen LogP contribution is -2.43. The van der Waals surface area contributed by atoms with E-state index in [0.717, 1.165) is 73.0 Å². The molecule has 6 rings (SSSR count). The molecule has 2 aromatic heterocycles. The maximum Gasteiger partial charge on any atom is 0.211 e. The number of imidazole rings is 1. The highest BCUT2D eigenvalue weighted by Crippen LogP contribution is 2.37. The van der Waals surface area contributed by atoms with Gasteiger partial charge in [0.1, 0.15) is 11.5 Å². The van der Waals surface area contributed by atoms with Crippen LogP contribution in [0.1, 0.15) is 24.0 Å². The van der Waals surface area contributed by atoms with Crippen molar-refractivity contribution in [3.05, 3.63) is 71.8 Å². The predicted octanol–water partition coefficient (Wildman–Crippen LogP) is 4.44. The van der Waals surface area contributed by atoms with Crippen molar-refractivity contribution in [3.8, 4) is 28.5 Å². The number of anilines is 1. The van der Waals surface area contributed by atoms with Gasteiger partial charge in [-0.15, -0.1) is 0 Å². The Hall–Kier alpha value is -3.84. The first-order chi connectivity index (χ1) is 19.5. The highest BCUT2D eigenvalue weighted by atomic mass is 19.1. The van der Waals surface area contributed by atoms with E-state index in [-0.39, 0.29) is 5.82 Å². The predicted molar refractivity (Wildman–Crippen MR) is 154 cm³/mol. The molecular formula is C31H34FN7O. The Morgan fingerprint density at radius 3 is 2.42 bits per heavy atom. The van der Waals surface area contributed by atoms with Gasteiger partial charge in [-0.2, -0.15) is 5.26 Å². The smallest absolute Gasteiger partial charge is 0.211 e. The molecule has 40 heavy (non-hydrogen) atoms. The number of halogens is 1. The number of hydrogen-bond acceptors (Lipinski definition) is 7. The molecule has 2 aliphatic heterocycles. The van der Waals surface area contributed by atoms with E-state index in [1.165, 1.54) is 0 Å². The second-order valence-corrected chi connectivity index (χ2v) is 10.8. The van der Waals surface area contributed by atoms with Crippen LogP contribution in [-0.4, -0.2) is 83.7 Å². The quantitative estimate of drug-likeness (QED) is 0.359. The van der Waals surface area contributed by atoms with Gasteiger partial charge < -0.3 is 14.5 Å². The van der Waals surface area contributed by atoms with Gasteiger partial charge in [0.2, 0.25) is 5.95 Å². The van der Waals surface area contributed by atoms with Crippen LogP contribution in [0.25, 0.3) is 28.0 Å². The summed E-state index contributed by atoms with van der Waals surface area (Å²) in [6.07, 6.45) is 5.82. The Balaban J connectivity index is 1.44. The molecule has 8 nitrogen and oxygen atoms in total. The zero-order chi connectivity index (χ0) is 27.6. The molecular weight excluding hydrogens is 505 g/mol. The fourth-order valence-corrected chi connectivity index (χ4v) is 5.78. The van der Waals surface area contributed by atoms with Crippen LogP contribution in [-0.2, 0) is 11.3 Å². The van der Waals surface area contributed by atoms with Crippen LogP contribution in [0, 0.1) is 17.1 Å². The topological polar surface area (TPSA) is 72.9 Å². The number of aromatic nitrogens is 3. The van der Waals surface area contributed by atoms with Crippen molar-refractivity contribution in [2.45, 2.75) is 25.4 Å². The van der Waals surface area contributed by atoms with Gasteiger partial charge in [-0.05, 0) is 50.7 Å². The summed E-state index contributed by atoms with van der Waals surface area (Å²) in [5, 5.41) is 9.35. The molecule has 9 heteroatoms.